The van der Waals surface area contributed by atoms with Crippen LogP contribution in [0.2, 0.25) is 0 Å². The number of carbonyl (C=O) groups is 1. The summed E-state index contributed by atoms with van der Waals surface area (Å²) in [5, 5.41) is 0.889. The first kappa shape index (κ1) is 23.6. The van der Waals surface area contributed by atoms with E-state index in [9.17, 15) is 4.79 Å². The standard InChI is InChI=1S/C26H32N4O4/c1-18-27-21-16-23(33-17-19-9-7-6-8-10-19)22(32-5)15-20(21)24(28-18)29-11-13-30(14-12-29)25(31)34-26(2,3)4/h6-10,15-16H,11-14,17H2,1-5H3. The molecule has 3 aromatic rings. The highest BCUT2D eigenvalue weighted by molar-refractivity contribution is 5.92. The molecule has 0 saturated carbocycles. The summed E-state index contributed by atoms with van der Waals surface area (Å²) in [5.74, 6) is 2.78. The van der Waals surface area contributed by atoms with Gasteiger partial charge in [-0.1, -0.05) is 30.3 Å². The minimum Gasteiger partial charge on any atom is -0.493 e. The van der Waals surface area contributed by atoms with Crippen LogP contribution in [-0.4, -0.2) is 59.9 Å². The molecule has 0 unspecified atom stereocenters. The van der Waals surface area contributed by atoms with Gasteiger partial charge in [0, 0.05) is 37.6 Å². The van der Waals surface area contributed by atoms with Gasteiger partial charge in [-0.3, -0.25) is 0 Å². The average molecular weight is 465 g/mol. The van der Waals surface area contributed by atoms with E-state index in [2.05, 4.69) is 9.88 Å². The van der Waals surface area contributed by atoms with E-state index in [1.165, 1.54) is 0 Å². The van der Waals surface area contributed by atoms with E-state index in [-0.39, 0.29) is 6.09 Å². The number of aromatic nitrogens is 2. The number of nitrogens with zero attached hydrogens (tertiary/aromatic N) is 4. The highest BCUT2D eigenvalue weighted by Gasteiger charge is 2.27. The van der Waals surface area contributed by atoms with E-state index >= 15 is 0 Å². The van der Waals surface area contributed by atoms with Gasteiger partial charge in [-0.25, -0.2) is 14.8 Å². The summed E-state index contributed by atoms with van der Waals surface area (Å²) >= 11 is 0. The zero-order valence-corrected chi connectivity index (χ0v) is 20.5. The van der Waals surface area contributed by atoms with E-state index in [0.29, 0.717) is 50.1 Å². The number of fused-ring (bicyclic) bond motifs is 1. The maximum atomic E-state index is 12.4. The molecule has 4 rings (SSSR count). The molecule has 1 fully saturated rings. The summed E-state index contributed by atoms with van der Waals surface area (Å²) in [7, 11) is 1.63. The Bertz CT molecular complexity index is 1150. The Morgan fingerprint density at radius 1 is 1.00 bits per heavy atom. The molecule has 180 valence electrons. The number of anilines is 1. The van der Waals surface area contributed by atoms with Gasteiger partial charge in [-0.2, -0.15) is 0 Å². The Morgan fingerprint density at radius 3 is 2.35 bits per heavy atom. The summed E-state index contributed by atoms with van der Waals surface area (Å²) < 4.78 is 17.2. The lowest BCUT2D eigenvalue weighted by molar-refractivity contribution is 0.0240. The number of piperazine rings is 1. The third kappa shape index (κ3) is 5.50. The molecule has 2 aromatic carbocycles. The van der Waals surface area contributed by atoms with Gasteiger partial charge in [-0.15, -0.1) is 0 Å². The molecular weight excluding hydrogens is 432 g/mol. The lowest BCUT2D eigenvalue weighted by Gasteiger charge is -2.36. The van der Waals surface area contributed by atoms with Gasteiger partial charge in [0.25, 0.3) is 0 Å². The molecule has 8 heteroatoms. The van der Waals surface area contributed by atoms with Crippen molar-refractivity contribution in [2.45, 2.75) is 39.9 Å². The molecule has 1 amide bonds. The molecule has 1 aromatic heterocycles. The number of benzene rings is 2. The number of aryl methyl sites for hydroxylation is 1. The largest absolute Gasteiger partial charge is 0.493 e. The van der Waals surface area contributed by atoms with Crippen molar-refractivity contribution in [2.24, 2.45) is 0 Å². The van der Waals surface area contributed by atoms with Gasteiger partial charge >= 0.3 is 6.09 Å². The quantitative estimate of drug-likeness (QED) is 0.547. The number of ether oxygens (including phenoxy) is 3. The summed E-state index contributed by atoms with van der Waals surface area (Å²) in [6.07, 6.45) is -0.280. The van der Waals surface area contributed by atoms with Gasteiger partial charge in [0.05, 0.1) is 12.6 Å². The number of rotatable bonds is 5. The topological polar surface area (TPSA) is 77.0 Å². The summed E-state index contributed by atoms with van der Waals surface area (Å²) in [5.41, 5.74) is 1.36. The molecule has 0 atom stereocenters. The third-order valence-corrected chi connectivity index (χ3v) is 5.54. The molecule has 0 aliphatic carbocycles. The van der Waals surface area contributed by atoms with Crippen molar-refractivity contribution >= 4 is 22.8 Å². The van der Waals surface area contributed by atoms with Crippen molar-refractivity contribution in [2.75, 3.05) is 38.2 Å². The fraction of sp³-hybridized carbons (Fsp3) is 0.423. The maximum Gasteiger partial charge on any atom is 0.410 e. The highest BCUT2D eigenvalue weighted by Crippen LogP contribution is 2.36. The molecule has 0 N–H and O–H groups in total. The van der Waals surface area contributed by atoms with Gasteiger partial charge < -0.3 is 24.0 Å². The van der Waals surface area contributed by atoms with E-state index < -0.39 is 5.60 Å². The smallest absolute Gasteiger partial charge is 0.410 e. The van der Waals surface area contributed by atoms with Crippen molar-refractivity contribution in [3.63, 3.8) is 0 Å². The van der Waals surface area contributed by atoms with Crippen LogP contribution in [0.3, 0.4) is 0 Å². The Labute approximate surface area is 200 Å². The number of methoxy groups -OCH3 is 1. The Balaban J connectivity index is 1.56. The predicted octanol–water partition coefficient (Wildman–Crippen LogP) is 4.58. The zero-order chi connectivity index (χ0) is 24.3. The van der Waals surface area contributed by atoms with Crippen LogP contribution < -0.4 is 14.4 Å². The number of hydrogen-bond donors (Lipinski definition) is 0. The minimum absolute atomic E-state index is 0.280. The van der Waals surface area contributed by atoms with E-state index in [4.69, 9.17) is 19.2 Å². The van der Waals surface area contributed by atoms with Gasteiger partial charge in [0.1, 0.15) is 23.9 Å². The van der Waals surface area contributed by atoms with Crippen LogP contribution in [0, 0.1) is 6.92 Å². The molecule has 2 heterocycles. The van der Waals surface area contributed by atoms with Crippen molar-refractivity contribution in [3.05, 3.63) is 53.9 Å². The van der Waals surface area contributed by atoms with Gasteiger partial charge in [0.15, 0.2) is 11.5 Å². The number of amides is 1. The summed E-state index contributed by atoms with van der Waals surface area (Å²) in [6, 6.07) is 13.8. The first-order valence-corrected chi connectivity index (χ1v) is 11.5. The predicted molar refractivity (Wildman–Crippen MR) is 132 cm³/mol. The van der Waals surface area contributed by atoms with Crippen LogP contribution >= 0.6 is 0 Å². The van der Waals surface area contributed by atoms with Gasteiger partial charge in [-0.05, 0) is 39.3 Å². The average Bonchev–Trinajstić information content (AvgIpc) is 2.81. The van der Waals surface area contributed by atoms with E-state index in [0.717, 1.165) is 22.3 Å². The van der Waals surface area contributed by atoms with Crippen LogP contribution in [-0.2, 0) is 11.3 Å². The molecule has 8 nitrogen and oxygen atoms in total. The van der Waals surface area contributed by atoms with Crippen molar-refractivity contribution in [1.29, 1.82) is 0 Å². The lowest BCUT2D eigenvalue weighted by atomic mass is 10.1. The Hall–Kier alpha value is -3.55. The molecule has 1 aliphatic heterocycles. The Morgan fingerprint density at radius 2 is 1.71 bits per heavy atom. The third-order valence-electron chi connectivity index (χ3n) is 5.54. The van der Waals surface area contributed by atoms with Crippen LogP contribution in [0.15, 0.2) is 42.5 Å². The maximum absolute atomic E-state index is 12.4. The van der Waals surface area contributed by atoms with Crippen LogP contribution in [0.1, 0.15) is 32.2 Å². The zero-order valence-electron chi connectivity index (χ0n) is 20.5. The van der Waals surface area contributed by atoms with Gasteiger partial charge in [0.2, 0.25) is 0 Å². The first-order chi connectivity index (χ1) is 16.2. The molecule has 1 saturated heterocycles. The SMILES string of the molecule is COc1cc2c(N3CCN(C(=O)OC(C)(C)C)CC3)nc(C)nc2cc1OCc1ccccc1. The fourth-order valence-electron chi connectivity index (χ4n) is 3.91. The van der Waals surface area contributed by atoms with E-state index in [1.54, 1.807) is 12.0 Å². The second-order valence-electron chi connectivity index (χ2n) is 9.34. The number of carbonyl (C=O) groups excluding carboxylic acids is 1. The van der Waals surface area contributed by atoms with Crippen LogP contribution in [0.4, 0.5) is 10.6 Å². The normalized spacial score (nSPS) is 14.3. The van der Waals surface area contributed by atoms with Crippen LogP contribution in [0.5, 0.6) is 11.5 Å². The molecule has 0 spiro atoms. The Kier molecular flexibility index (Phi) is 6.77. The summed E-state index contributed by atoms with van der Waals surface area (Å²) in [6.45, 7) is 10.4. The number of hydrogen-bond acceptors (Lipinski definition) is 7. The molecule has 0 bridgehead atoms. The monoisotopic (exact) mass is 464 g/mol. The molecule has 1 aliphatic rings. The van der Waals surface area contributed by atoms with Crippen LogP contribution in [0.25, 0.3) is 10.9 Å². The van der Waals surface area contributed by atoms with E-state index in [1.807, 2.05) is 70.2 Å². The second-order valence-corrected chi connectivity index (χ2v) is 9.34. The highest BCUT2D eigenvalue weighted by atomic mass is 16.6. The molecular formula is C26H32N4O4. The second kappa shape index (κ2) is 9.75. The molecule has 34 heavy (non-hydrogen) atoms. The van der Waals surface area contributed by atoms with Crippen molar-refractivity contribution < 1.29 is 19.0 Å². The summed E-state index contributed by atoms with van der Waals surface area (Å²) in [4.78, 5) is 25.7. The fourth-order valence-corrected chi connectivity index (χ4v) is 3.91. The minimum atomic E-state index is -0.509. The first-order valence-electron chi connectivity index (χ1n) is 11.5. The lowest BCUT2D eigenvalue weighted by Crippen LogP contribution is -2.50. The van der Waals surface area contributed by atoms with Crippen molar-refractivity contribution in [3.8, 4) is 11.5 Å². The molecule has 0 radical (unpaired) electrons. The van der Waals surface area contributed by atoms with Crippen molar-refractivity contribution in [1.82, 2.24) is 14.9 Å².